The Morgan fingerprint density at radius 3 is 2.62 bits per heavy atom. The zero-order valence-corrected chi connectivity index (χ0v) is 17.0. The number of hydrogen-bond acceptors (Lipinski definition) is 4. The highest BCUT2D eigenvalue weighted by Gasteiger charge is 2.49. The largest absolute Gasteiger partial charge is 0.325 e. The molecule has 4 rings (SSSR count). The smallest absolute Gasteiger partial charge is 0.319 e. The van der Waals surface area contributed by atoms with Gasteiger partial charge in [-0.05, 0) is 47.7 Å². The lowest BCUT2D eigenvalue weighted by Gasteiger charge is -2.25. The summed E-state index contributed by atoms with van der Waals surface area (Å²) in [4.78, 5) is 41.3. The lowest BCUT2D eigenvalue weighted by Crippen LogP contribution is -2.44. The third-order valence-corrected chi connectivity index (χ3v) is 6.02. The Bertz CT molecular complexity index is 1090. The Labute approximate surface area is 172 Å². The van der Waals surface area contributed by atoms with Gasteiger partial charge in [0.05, 0.1) is 5.69 Å². The molecule has 0 spiro atoms. The number of benzene rings is 2. The van der Waals surface area contributed by atoms with E-state index in [0.717, 1.165) is 26.9 Å². The van der Waals surface area contributed by atoms with Gasteiger partial charge in [-0.3, -0.25) is 14.5 Å². The average molecular weight is 407 g/mol. The number of anilines is 1. The van der Waals surface area contributed by atoms with Crippen molar-refractivity contribution in [2.75, 3.05) is 18.0 Å². The highest BCUT2D eigenvalue weighted by molar-refractivity contribution is 7.08. The number of fused-ring (bicyclic) bond motifs is 1. The molecule has 1 saturated heterocycles. The molecule has 1 unspecified atom stereocenters. The first-order valence-electron chi connectivity index (χ1n) is 9.40. The quantitative estimate of drug-likeness (QED) is 0.656. The van der Waals surface area contributed by atoms with Crippen LogP contribution in [-0.2, 0) is 15.1 Å². The molecule has 29 heavy (non-hydrogen) atoms. The van der Waals surface area contributed by atoms with Crippen LogP contribution in [-0.4, -0.2) is 35.8 Å². The number of carbonyl (C=O) groups excluding carboxylic acids is 3. The van der Waals surface area contributed by atoms with Gasteiger partial charge in [0.15, 0.2) is 0 Å². The minimum Gasteiger partial charge on any atom is -0.319 e. The van der Waals surface area contributed by atoms with Crippen molar-refractivity contribution in [3.63, 3.8) is 0 Å². The van der Waals surface area contributed by atoms with Crippen LogP contribution in [0.4, 0.5) is 10.5 Å². The van der Waals surface area contributed by atoms with Gasteiger partial charge in [-0.15, -0.1) is 0 Å². The Hall–Kier alpha value is -3.19. The van der Waals surface area contributed by atoms with E-state index in [1.165, 1.54) is 11.3 Å². The molecule has 0 bridgehead atoms. The Kier molecular flexibility index (Phi) is 4.84. The van der Waals surface area contributed by atoms with Gasteiger partial charge < -0.3 is 10.2 Å². The fourth-order valence-corrected chi connectivity index (χ4v) is 4.50. The maximum atomic E-state index is 13.1. The molecule has 1 aromatic heterocycles. The zero-order chi connectivity index (χ0) is 20.6. The minimum absolute atomic E-state index is 0.304. The zero-order valence-electron chi connectivity index (χ0n) is 16.2. The summed E-state index contributed by atoms with van der Waals surface area (Å²) in [5.74, 6) is -0.717. The number of imide groups is 1. The first-order valence-corrected chi connectivity index (χ1v) is 10.3. The Morgan fingerprint density at radius 2 is 1.90 bits per heavy atom. The van der Waals surface area contributed by atoms with Crippen molar-refractivity contribution in [1.82, 2.24) is 10.2 Å². The molecule has 4 amide bonds. The molecule has 6 nitrogen and oxygen atoms in total. The molecule has 3 aromatic rings. The van der Waals surface area contributed by atoms with Crippen LogP contribution >= 0.6 is 11.3 Å². The molecule has 0 radical (unpaired) electrons. The van der Waals surface area contributed by atoms with E-state index in [1.54, 1.807) is 11.8 Å². The molecule has 1 aliphatic heterocycles. The van der Waals surface area contributed by atoms with Crippen LogP contribution in [0.2, 0.25) is 0 Å². The molecule has 0 aliphatic carbocycles. The molecule has 2 heterocycles. The second kappa shape index (κ2) is 7.33. The maximum absolute atomic E-state index is 13.1. The summed E-state index contributed by atoms with van der Waals surface area (Å²) in [5.41, 5.74) is 0.342. The molecule has 1 fully saturated rings. The monoisotopic (exact) mass is 407 g/mol. The number of thiophene rings is 1. The van der Waals surface area contributed by atoms with Crippen molar-refractivity contribution in [3.8, 4) is 0 Å². The Morgan fingerprint density at radius 1 is 1.14 bits per heavy atom. The number of hydrogen-bond donors (Lipinski definition) is 1. The average Bonchev–Trinajstić information content (AvgIpc) is 3.33. The normalized spacial score (nSPS) is 18.9. The molecule has 0 saturated carbocycles. The van der Waals surface area contributed by atoms with Crippen molar-refractivity contribution in [2.24, 2.45) is 0 Å². The van der Waals surface area contributed by atoms with E-state index < -0.39 is 17.5 Å². The summed E-state index contributed by atoms with van der Waals surface area (Å²) >= 11 is 1.45. The van der Waals surface area contributed by atoms with Gasteiger partial charge in [0.1, 0.15) is 12.1 Å². The number of urea groups is 1. The highest BCUT2D eigenvalue weighted by atomic mass is 32.1. The third kappa shape index (κ3) is 3.17. The topological polar surface area (TPSA) is 69.7 Å². The summed E-state index contributed by atoms with van der Waals surface area (Å²) in [5, 5.41) is 8.40. The fraction of sp³-hybridized carbons (Fsp3) is 0.227. The van der Waals surface area contributed by atoms with Crippen LogP contribution in [0.1, 0.15) is 19.4 Å². The second-order valence-electron chi connectivity index (χ2n) is 7.09. The molecule has 7 heteroatoms. The van der Waals surface area contributed by atoms with Gasteiger partial charge >= 0.3 is 6.03 Å². The van der Waals surface area contributed by atoms with Crippen molar-refractivity contribution < 1.29 is 14.4 Å². The first kappa shape index (κ1) is 19.1. The van der Waals surface area contributed by atoms with Gasteiger partial charge in [0.2, 0.25) is 5.91 Å². The number of rotatable bonds is 5. The molecule has 148 valence electrons. The molecule has 2 aromatic carbocycles. The Balaban J connectivity index is 1.61. The van der Waals surface area contributed by atoms with Crippen molar-refractivity contribution in [2.45, 2.75) is 19.4 Å². The highest BCUT2D eigenvalue weighted by Crippen LogP contribution is 2.31. The number of likely N-dealkylation sites (N-methyl/N-ethyl adjacent to an activating group) is 1. The van der Waals surface area contributed by atoms with E-state index in [-0.39, 0.29) is 12.5 Å². The van der Waals surface area contributed by atoms with Gasteiger partial charge in [0, 0.05) is 11.9 Å². The van der Waals surface area contributed by atoms with Crippen LogP contribution in [0.15, 0.2) is 59.3 Å². The molecule has 1 atom stereocenters. The lowest BCUT2D eigenvalue weighted by atomic mass is 9.95. The summed E-state index contributed by atoms with van der Waals surface area (Å²) < 4.78 is 0. The van der Waals surface area contributed by atoms with Crippen LogP contribution in [0.3, 0.4) is 0 Å². The summed E-state index contributed by atoms with van der Waals surface area (Å²) in [7, 11) is 0. The van der Waals surface area contributed by atoms with E-state index in [4.69, 9.17) is 0 Å². The summed E-state index contributed by atoms with van der Waals surface area (Å²) in [6.45, 7) is 3.67. The van der Waals surface area contributed by atoms with E-state index >= 15 is 0 Å². The second-order valence-corrected chi connectivity index (χ2v) is 7.87. The lowest BCUT2D eigenvalue weighted by molar-refractivity contribution is -0.134. The first-order chi connectivity index (χ1) is 14.0. The van der Waals surface area contributed by atoms with Gasteiger partial charge in [-0.25, -0.2) is 4.79 Å². The third-order valence-electron chi connectivity index (χ3n) is 5.34. The van der Waals surface area contributed by atoms with Crippen LogP contribution in [0.25, 0.3) is 10.8 Å². The van der Waals surface area contributed by atoms with E-state index in [1.807, 2.05) is 66.2 Å². The summed E-state index contributed by atoms with van der Waals surface area (Å²) in [6, 6.07) is 14.8. The molecule has 1 aliphatic rings. The van der Waals surface area contributed by atoms with Crippen molar-refractivity contribution in [3.05, 3.63) is 64.9 Å². The predicted molar refractivity (Wildman–Crippen MR) is 114 cm³/mol. The van der Waals surface area contributed by atoms with Gasteiger partial charge in [-0.1, -0.05) is 36.4 Å². The van der Waals surface area contributed by atoms with Gasteiger partial charge in [-0.2, -0.15) is 11.3 Å². The molecule has 1 N–H and O–H groups in total. The van der Waals surface area contributed by atoms with E-state index in [0.29, 0.717) is 6.54 Å². The van der Waals surface area contributed by atoms with Crippen LogP contribution < -0.4 is 10.2 Å². The van der Waals surface area contributed by atoms with Crippen molar-refractivity contribution >= 4 is 45.6 Å². The number of carbonyl (C=O) groups is 3. The predicted octanol–water partition coefficient (Wildman–Crippen LogP) is 3.72. The molecular weight excluding hydrogens is 386 g/mol. The molecular formula is C22H21N3O3S. The number of nitrogens with one attached hydrogen (secondary N) is 1. The number of amides is 4. The SMILES string of the molecule is CCN(C(=O)CN1C(=O)NC(C)(c2ccsc2)C1=O)c1cccc2ccccc12. The maximum Gasteiger partial charge on any atom is 0.325 e. The van der Waals surface area contributed by atoms with E-state index in [9.17, 15) is 14.4 Å². The van der Waals surface area contributed by atoms with Crippen LogP contribution in [0, 0.1) is 0 Å². The standard InChI is InChI=1S/C22H21N3O3S/c1-3-24(18-10-6-8-15-7-4-5-9-17(15)18)19(26)13-25-20(27)22(2,23-21(25)28)16-11-12-29-14-16/h4-12,14H,3,13H2,1-2H3,(H,23,28). The van der Waals surface area contributed by atoms with Gasteiger partial charge in [0.25, 0.3) is 5.91 Å². The van der Waals surface area contributed by atoms with Crippen LogP contribution in [0.5, 0.6) is 0 Å². The number of nitrogens with zero attached hydrogens (tertiary/aromatic N) is 2. The van der Waals surface area contributed by atoms with E-state index in [2.05, 4.69) is 5.32 Å². The van der Waals surface area contributed by atoms with Crippen molar-refractivity contribution in [1.29, 1.82) is 0 Å². The fourth-order valence-electron chi connectivity index (χ4n) is 3.73. The summed E-state index contributed by atoms with van der Waals surface area (Å²) in [6.07, 6.45) is 0. The minimum atomic E-state index is -1.14.